The van der Waals surface area contributed by atoms with E-state index in [2.05, 4.69) is 48.7 Å². The highest BCUT2D eigenvalue weighted by Gasteiger charge is 2.14. The lowest BCUT2D eigenvalue weighted by Crippen LogP contribution is -1.96. The molecule has 4 aromatic rings. The molecule has 2 aromatic carbocycles. The Morgan fingerprint density at radius 1 is 1.12 bits per heavy atom. The van der Waals surface area contributed by atoms with Crippen molar-refractivity contribution in [1.82, 2.24) is 9.97 Å². The molecule has 0 unspecified atom stereocenters. The van der Waals surface area contributed by atoms with Crippen LogP contribution in [0, 0.1) is 0 Å². The van der Waals surface area contributed by atoms with E-state index in [9.17, 15) is 0 Å². The molecule has 0 aliphatic rings. The van der Waals surface area contributed by atoms with Gasteiger partial charge in [-0.25, -0.2) is 9.97 Å². The number of thiophene rings is 1. The van der Waals surface area contributed by atoms with Gasteiger partial charge in [0.25, 0.3) is 0 Å². The van der Waals surface area contributed by atoms with Crippen molar-refractivity contribution in [2.24, 2.45) is 0 Å². The van der Waals surface area contributed by atoms with Crippen LogP contribution in [0.25, 0.3) is 21.3 Å². The first-order chi connectivity index (χ1) is 12.7. The first kappa shape index (κ1) is 17.3. The number of hydrogen-bond acceptors (Lipinski definition) is 5. The Hall–Kier alpha value is -2.15. The monoisotopic (exact) mass is 445 g/mol. The summed E-state index contributed by atoms with van der Waals surface area (Å²) in [6.45, 7) is 0. The minimum atomic E-state index is 0.543. The standard InChI is InChI=1S/C19H13BrClN3OS/c1-25-16-7-6-13(8-15(16)21)24-18-17-14(9-26-19(17)23-10-22-18)11-2-4-12(20)5-3-11/h2-10H,1H3,(H,22,23,24). The Labute approximate surface area is 168 Å². The van der Waals surface area contributed by atoms with Crippen molar-refractivity contribution in [2.75, 3.05) is 12.4 Å². The van der Waals surface area contributed by atoms with Crippen LogP contribution in [0.15, 0.2) is 58.6 Å². The Morgan fingerprint density at radius 2 is 1.92 bits per heavy atom. The maximum atomic E-state index is 6.23. The second-order valence-corrected chi connectivity index (χ2v) is 7.71. The molecule has 4 nitrogen and oxygen atoms in total. The number of anilines is 2. The fourth-order valence-electron chi connectivity index (χ4n) is 2.69. The number of nitrogens with one attached hydrogen (secondary N) is 1. The van der Waals surface area contributed by atoms with Crippen molar-refractivity contribution < 1.29 is 4.74 Å². The Bertz CT molecular complexity index is 1080. The minimum Gasteiger partial charge on any atom is -0.495 e. The summed E-state index contributed by atoms with van der Waals surface area (Å²) in [6.07, 6.45) is 1.57. The van der Waals surface area contributed by atoms with E-state index in [0.29, 0.717) is 10.8 Å². The molecular weight excluding hydrogens is 434 g/mol. The van der Waals surface area contributed by atoms with Gasteiger partial charge in [-0.15, -0.1) is 11.3 Å². The fraction of sp³-hybridized carbons (Fsp3) is 0.0526. The topological polar surface area (TPSA) is 47.0 Å². The molecule has 4 rings (SSSR count). The van der Waals surface area contributed by atoms with Gasteiger partial charge in [-0.3, -0.25) is 0 Å². The summed E-state index contributed by atoms with van der Waals surface area (Å²) in [4.78, 5) is 9.79. The smallest absolute Gasteiger partial charge is 0.143 e. The third kappa shape index (κ3) is 3.28. The van der Waals surface area contributed by atoms with E-state index in [4.69, 9.17) is 16.3 Å². The van der Waals surface area contributed by atoms with E-state index in [1.54, 1.807) is 24.8 Å². The van der Waals surface area contributed by atoms with Gasteiger partial charge < -0.3 is 10.1 Å². The molecule has 0 aliphatic heterocycles. The number of ether oxygens (including phenoxy) is 1. The molecule has 0 saturated heterocycles. The number of aromatic nitrogens is 2. The molecular formula is C19H13BrClN3OS. The van der Waals surface area contributed by atoms with Crippen LogP contribution < -0.4 is 10.1 Å². The molecule has 0 saturated carbocycles. The van der Waals surface area contributed by atoms with Crippen molar-refractivity contribution in [2.45, 2.75) is 0 Å². The average Bonchev–Trinajstić information content (AvgIpc) is 3.08. The van der Waals surface area contributed by atoms with Gasteiger partial charge in [-0.1, -0.05) is 39.7 Å². The predicted molar refractivity (Wildman–Crippen MR) is 112 cm³/mol. The van der Waals surface area contributed by atoms with E-state index in [0.717, 1.165) is 37.3 Å². The molecule has 0 bridgehead atoms. The van der Waals surface area contributed by atoms with Gasteiger partial charge in [0.1, 0.15) is 22.7 Å². The molecule has 0 spiro atoms. The Morgan fingerprint density at radius 3 is 2.65 bits per heavy atom. The quantitative estimate of drug-likeness (QED) is 0.387. The highest BCUT2D eigenvalue weighted by molar-refractivity contribution is 9.10. The van der Waals surface area contributed by atoms with Crippen molar-refractivity contribution >= 4 is 60.6 Å². The number of fused-ring (bicyclic) bond motifs is 1. The van der Waals surface area contributed by atoms with Crippen molar-refractivity contribution in [3.05, 3.63) is 63.7 Å². The van der Waals surface area contributed by atoms with Gasteiger partial charge in [0.15, 0.2) is 0 Å². The van der Waals surface area contributed by atoms with Gasteiger partial charge in [0.2, 0.25) is 0 Å². The second-order valence-electron chi connectivity index (χ2n) is 5.53. The first-order valence-electron chi connectivity index (χ1n) is 7.74. The molecule has 1 N–H and O–H groups in total. The molecule has 7 heteroatoms. The lowest BCUT2D eigenvalue weighted by molar-refractivity contribution is 0.415. The zero-order chi connectivity index (χ0) is 18.1. The third-order valence-electron chi connectivity index (χ3n) is 3.94. The zero-order valence-corrected chi connectivity index (χ0v) is 16.8. The summed E-state index contributed by atoms with van der Waals surface area (Å²) in [5, 5.41) is 6.99. The number of rotatable bonds is 4. The van der Waals surface area contributed by atoms with Crippen LogP contribution >= 0.6 is 38.9 Å². The maximum absolute atomic E-state index is 6.23. The minimum absolute atomic E-state index is 0.543. The van der Waals surface area contributed by atoms with Crippen LogP contribution in [-0.2, 0) is 0 Å². The zero-order valence-electron chi connectivity index (χ0n) is 13.7. The molecule has 2 heterocycles. The molecule has 2 aromatic heterocycles. The van der Waals surface area contributed by atoms with Crippen LogP contribution in [0.4, 0.5) is 11.5 Å². The highest BCUT2D eigenvalue weighted by atomic mass is 79.9. The number of methoxy groups -OCH3 is 1. The van der Waals surface area contributed by atoms with Crippen molar-refractivity contribution in [3.8, 4) is 16.9 Å². The molecule has 26 heavy (non-hydrogen) atoms. The highest BCUT2D eigenvalue weighted by Crippen LogP contribution is 2.38. The summed E-state index contributed by atoms with van der Waals surface area (Å²) >= 11 is 11.3. The van der Waals surface area contributed by atoms with E-state index < -0.39 is 0 Å². The third-order valence-corrected chi connectivity index (χ3v) is 5.65. The normalized spacial score (nSPS) is 10.9. The summed E-state index contributed by atoms with van der Waals surface area (Å²) in [6, 6.07) is 13.8. The molecule has 0 fully saturated rings. The Balaban J connectivity index is 1.79. The van der Waals surface area contributed by atoms with Crippen LogP contribution in [0.5, 0.6) is 5.75 Å². The van der Waals surface area contributed by atoms with E-state index in [1.807, 2.05) is 30.3 Å². The Kier molecular flexibility index (Phi) is 4.80. The summed E-state index contributed by atoms with van der Waals surface area (Å²) < 4.78 is 6.25. The number of hydrogen-bond donors (Lipinski definition) is 1. The molecule has 0 amide bonds. The van der Waals surface area contributed by atoms with Crippen LogP contribution in [0.2, 0.25) is 5.02 Å². The number of benzene rings is 2. The molecule has 0 atom stereocenters. The average molecular weight is 447 g/mol. The van der Waals surface area contributed by atoms with E-state index in [1.165, 1.54) is 0 Å². The van der Waals surface area contributed by atoms with Crippen molar-refractivity contribution in [1.29, 1.82) is 0 Å². The summed E-state index contributed by atoms with van der Waals surface area (Å²) in [5.41, 5.74) is 3.05. The SMILES string of the molecule is COc1ccc(Nc2ncnc3scc(-c4ccc(Br)cc4)c23)cc1Cl. The molecule has 130 valence electrons. The van der Waals surface area contributed by atoms with Crippen molar-refractivity contribution in [3.63, 3.8) is 0 Å². The fourth-order valence-corrected chi connectivity index (χ4v) is 4.13. The first-order valence-corrected chi connectivity index (χ1v) is 9.79. The van der Waals surface area contributed by atoms with Gasteiger partial charge in [-0.2, -0.15) is 0 Å². The summed E-state index contributed by atoms with van der Waals surface area (Å²) in [5.74, 6) is 1.38. The van der Waals surface area contributed by atoms with E-state index >= 15 is 0 Å². The van der Waals surface area contributed by atoms with Crippen LogP contribution in [-0.4, -0.2) is 17.1 Å². The predicted octanol–water partition coefficient (Wildman–Crippen LogP) is 6.53. The van der Waals surface area contributed by atoms with E-state index in [-0.39, 0.29) is 0 Å². The summed E-state index contributed by atoms with van der Waals surface area (Å²) in [7, 11) is 1.60. The second kappa shape index (κ2) is 7.23. The van der Waals surface area contributed by atoms with Crippen LogP contribution in [0.3, 0.4) is 0 Å². The number of halogens is 2. The molecule has 0 radical (unpaired) electrons. The number of nitrogens with zero attached hydrogens (tertiary/aromatic N) is 2. The largest absolute Gasteiger partial charge is 0.495 e. The van der Waals surface area contributed by atoms with Crippen LogP contribution in [0.1, 0.15) is 0 Å². The maximum Gasteiger partial charge on any atom is 0.143 e. The lowest BCUT2D eigenvalue weighted by Gasteiger charge is -2.10. The van der Waals surface area contributed by atoms with Gasteiger partial charge >= 0.3 is 0 Å². The molecule has 0 aliphatic carbocycles. The lowest BCUT2D eigenvalue weighted by atomic mass is 10.1. The van der Waals surface area contributed by atoms with Gasteiger partial charge in [0.05, 0.1) is 17.5 Å². The van der Waals surface area contributed by atoms with Gasteiger partial charge in [0, 0.05) is 21.1 Å². The van der Waals surface area contributed by atoms with Gasteiger partial charge in [-0.05, 0) is 35.9 Å².